The summed E-state index contributed by atoms with van der Waals surface area (Å²) in [5.41, 5.74) is 10.9. The Morgan fingerprint density at radius 2 is 1.53 bits per heavy atom. The molecule has 2 N–H and O–H groups in total. The predicted octanol–water partition coefficient (Wildman–Crippen LogP) is 4.40. The van der Waals surface area contributed by atoms with Crippen LogP contribution in [0, 0.1) is 0 Å². The van der Waals surface area contributed by atoms with Gasteiger partial charge in [-0.15, -0.1) is 0 Å². The molecule has 2 heterocycles. The van der Waals surface area contributed by atoms with E-state index in [1.807, 2.05) is 42.5 Å². The third-order valence-electron chi connectivity index (χ3n) is 6.68. The van der Waals surface area contributed by atoms with Crippen LogP contribution in [-0.4, -0.2) is 56.0 Å². The van der Waals surface area contributed by atoms with Crippen molar-refractivity contribution in [2.75, 3.05) is 40.2 Å². The van der Waals surface area contributed by atoms with Gasteiger partial charge < -0.3 is 24.8 Å². The zero-order valence-electron chi connectivity index (χ0n) is 21.8. The van der Waals surface area contributed by atoms with Gasteiger partial charge in [0.2, 0.25) is 5.88 Å². The Morgan fingerprint density at radius 3 is 2.11 bits per heavy atom. The first-order chi connectivity index (χ1) is 18.4. The van der Waals surface area contributed by atoms with E-state index in [9.17, 15) is 9.59 Å². The Morgan fingerprint density at radius 1 is 0.895 bits per heavy atom. The van der Waals surface area contributed by atoms with E-state index in [2.05, 4.69) is 23.7 Å². The number of ether oxygens (including phenoxy) is 3. The van der Waals surface area contributed by atoms with Crippen LogP contribution in [0.2, 0.25) is 0 Å². The number of hydrogen-bond acceptors (Lipinski definition) is 7. The van der Waals surface area contributed by atoms with Gasteiger partial charge in [-0.05, 0) is 41.7 Å². The maximum atomic E-state index is 13.2. The molecule has 1 amide bonds. The summed E-state index contributed by atoms with van der Waals surface area (Å²) in [4.78, 5) is 32.0. The first-order valence-electron chi connectivity index (χ1n) is 12.2. The summed E-state index contributed by atoms with van der Waals surface area (Å²) in [5, 5.41) is 0. The van der Waals surface area contributed by atoms with Gasteiger partial charge in [0, 0.05) is 18.7 Å². The molecule has 8 heteroatoms. The topological polar surface area (TPSA) is 104 Å². The number of rotatable bonds is 8. The molecule has 0 aliphatic carbocycles. The molecular weight excluding hydrogens is 482 g/mol. The molecule has 3 aromatic rings. The summed E-state index contributed by atoms with van der Waals surface area (Å²) in [6.45, 7) is 4.68. The number of ketones is 1. The minimum Gasteiger partial charge on any atom is -0.497 e. The van der Waals surface area contributed by atoms with Crippen molar-refractivity contribution in [2.24, 2.45) is 0 Å². The van der Waals surface area contributed by atoms with E-state index >= 15 is 0 Å². The van der Waals surface area contributed by atoms with Crippen LogP contribution in [0.15, 0.2) is 72.9 Å². The third-order valence-corrected chi connectivity index (χ3v) is 6.68. The van der Waals surface area contributed by atoms with Crippen LogP contribution < -0.4 is 19.9 Å². The van der Waals surface area contributed by atoms with Crippen LogP contribution in [0.5, 0.6) is 17.4 Å². The molecule has 0 saturated carbocycles. The Kier molecular flexibility index (Phi) is 8.11. The fraction of sp³-hybridized carbons (Fsp3) is 0.233. The first-order valence-corrected chi connectivity index (χ1v) is 12.2. The number of carbonyl (C=O) groups excluding carboxylic acids is 2. The number of anilines is 1. The van der Waals surface area contributed by atoms with Gasteiger partial charge in [0.05, 0.1) is 33.1 Å². The van der Waals surface area contributed by atoms with Crippen LogP contribution in [-0.2, 0) is 9.59 Å². The van der Waals surface area contributed by atoms with Crippen LogP contribution >= 0.6 is 0 Å². The van der Waals surface area contributed by atoms with Crippen molar-refractivity contribution in [1.82, 2.24) is 9.88 Å². The molecule has 1 aromatic heterocycles. The first kappa shape index (κ1) is 26.5. The van der Waals surface area contributed by atoms with E-state index in [0.29, 0.717) is 25.9 Å². The summed E-state index contributed by atoms with van der Waals surface area (Å²) in [5.74, 6) is -0.215. The summed E-state index contributed by atoms with van der Waals surface area (Å²) >= 11 is 0. The Balaban J connectivity index is 1.57. The number of nitrogen functional groups attached to an aromatic ring is 1. The van der Waals surface area contributed by atoms with Gasteiger partial charge in [-0.2, -0.15) is 0 Å². The van der Waals surface area contributed by atoms with Gasteiger partial charge in [-0.25, -0.2) is 4.98 Å². The highest BCUT2D eigenvalue weighted by Gasteiger charge is 2.31. The molecule has 4 rings (SSSR count). The third kappa shape index (κ3) is 5.25. The Bertz CT molecular complexity index is 1370. The normalized spacial score (nSPS) is 13.0. The summed E-state index contributed by atoms with van der Waals surface area (Å²) in [6, 6.07) is 18.1. The standard InChI is InChI=1S/C30H31N3O5/c1-19(25-24(37-3)18-32-29(38-4)27(25)31)28(34)30(35)33-16-14-22(15-17-33)26(20-8-6-5-7-9-20)21-10-12-23(36-2)13-11-21/h5-13,18H,1,14-17,31H2,2-4H3. The number of nitrogens with two attached hydrogens (primary N) is 1. The lowest BCUT2D eigenvalue weighted by Gasteiger charge is -2.30. The van der Waals surface area contributed by atoms with Gasteiger partial charge in [0.25, 0.3) is 11.7 Å². The summed E-state index contributed by atoms with van der Waals surface area (Å²) in [6.07, 6.45) is 2.66. The maximum Gasteiger partial charge on any atom is 0.294 e. The molecule has 1 saturated heterocycles. The molecule has 1 fully saturated rings. The van der Waals surface area contributed by atoms with Crippen molar-refractivity contribution in [1.29, 1.82) is 0 Å². The number of likely N-dealkylation sites (tertiary alicyclic amines) is 1. The lowest BCUT2D eigenvalue weighted by atomic mass is 9.88. The van der Waals surface area contributed by atoms with E-state index in [1.165, 1.54) is 26.0 Å². The molecule has 0 unspecified atom stereocenters. The molecule has 8 nitrogen and oxygen atoms in total. The molecule has 1 aliphatic heterocycles. The maximum absolute atomic E-state index is 13.2. The lowest BCUT2D eigenvalue weighted by molar-refractivity contribution is -0.142. The molecule has 0 spiro atoms. The molecule has 0 radical (unpaired) electrons. The van der Waals surface area contributed by atoms with Crippen molar-refractivity contribution in [3.05, 3.63) is 89.6 Å². The van der Waals surface area contributed by atoms with Gasteiger partial charge in [0.1, 0.15) is 17.2 Å². The van der Waals surface area contributed by atoms with Crippen molar-refractivity contribution in [3.8, 4) is 17.4 Å². The largest absolute Gasteiger partial charge is 0.497 e. The fourth-order valence-corrected chi connectivity index (χ4v) is 4.67. The number of piperidine rings is 1. The molecule has 0 bridgehead atoms. The van der Waals surface area contributed by atoms with Gasteiger partial charge in [-0.1, -0.05) is 54.6 Å². The second-order valence-electron chi connectivity index (χ2n) is 8.80. The fourth-order valence-electron chi connectivity index (χ4n) is 4.67. The smallest absolute Gasteiger partial charge is 0.294 e. The summed E-state index contributed by atoms with van der Waals surface area (Å²) in [7, 11) is 4.49. The number of Topliss-reactive ketones (excluding diaryl/α,β-unsaturated/α-hetero) is 1. The highest BCUT2D eigenvalue weighted by atomic mass is 16.5. The number of carbonyl (C=O) groups is 2. The Labute approximate surface area is 222 Å². The zero-order valence-corrected chi connectivity index (χ0v) is 21.8. The molecule has 38 heavy (non-hydrogen) atoms. The number of pyridine rings is 1. The molecular formula is C30H31N3O5. The zero-order chi connectivity index (χ0) is 27.2. The van der Waals surface area contributed by atoms with Crippen molar-refractivity contribution >= 4 is 28.5 Å². The second-order valence-corrected chi connectivity index (χ2v) is 8.80. The number of amides is 1. The lowest BCUT2D eigenvalue weighted by Crippen LogP contribution is -2.41. The van der Waals surface area contributed by atoms with Crippen LogP contribution in [0.4, 0.5) is 5.69 Å². The van der Waals surface area contributed by atoms with Crippen molar-refractivity contribution < 1.29 is 23.8 Å². The highest BCUT2D eigenvalue weighted by Crippen LogP contribution is 2.37. The van der Waals surface area contributed by atoms with E-state index < -0.39 is 11.7 Å². The Hall–Kier alpha value is -4.59. The second kappa shape index (κ2) is 11.6. The van der Waals surface area contributed by atoms with Crippen molar-refractivity contribution in [2.45, 2.75) is 12.8 Å². The molecule has 2 aromatic carbocycles. The average molecular weight is 514 g/mol. The minimum absolute atomic E-state index is 0.0606. The monoisotopic (exact) mass is 513 g/mol. The SMILES string of the molecule is C=C(C(=O)C(=O)N1CCC(=C(c2ccccc2)c2ccc(OC)cc2)CC1)c1c(OC)cnc(OC)c1N. The van der Waals surface area contributed by atoms with E-state index in [-0.39, 0.29) is 28.5 Å². The number of methoxy groups -OCH3 is 3. The van der Waals surface area contributed by atoms with E-state index in [0.717, 1.165) is 22.4 Å². The van der Waals surface area contributed by atoms with Crippen molar-refractivity contribution in [3.63, 3.8) is 0 Å². The highest BCUT2D eigenvalue weighted by molar-refractivity contribution is 6.53. The van der Waals surface area contributed by atoms with Gasteiger partial charge in [0.15, 0.2) is 0 Å². The molecule has 1 aliphatic rings. The van der Waals surface area contributed by atoms with Gasteiger partial charge >= 0.3 is 0 Å². The summed E-state index contributed by atoms with van der Waals surface area (Å²) < 4.78 is 15.8. The predicted molar refractivity (Wildman–Crippen MR) is 147 cm³/mol. The number of hydrogen-bond donors (Lipinski definition) is 1. The van der Waals surface area contributed by atoms with Crippen LogP contribution in [0.3, 0.4) is 0 Å². The van der Waals surface area contributed by atoms with E-state index in [4.69, 9.17) is 19.9 Å². The number of aromatic nitrogens is 1. The number of benzene rings is 2. The van der Waals surface area contributed by atoms with Crippen LogP contribution in [0.1, 0.15) is 29.5 Å². The molecule has 0 atom stereocenters. The van der Waals surface area contributed by atoms with Gasteiger partial charge in [-0.3, -0.25) is 9.59 Å². The quantitative estimate of drug-likeness (QED) is 0.352. The number of nitrogens with zero attached hydrogens (tertiary/aromatic N) is 2. The average Bonchev–Trinajstić information content (AvgIpc) is 2.97. The van der Waals surface area contributed by atoms with Crippen LogP contribution in [0.25, 0.3) is 11.1 Å². The van der Waals surface area contributed by atoms with E-state index in [1.54, 1.807) is 12.0 Å². The molecule has 196 valence electrons. The minimum atomic E-state index is -0.742.